The first-order chi connectivity index (χ1) is 12.0. The Hall–Kier alpha value is -2.90. The highest BCUT2D eigenvalue weighted by Gasteiger charge is 2.22. The van der Waals surface area contributed by atoms with Crippen LogP contribution in [0.15, 0.2) is 30.7 Å². The number of aromatic nitrogens is 6. The summed E-state index contributed by atoms with van der Waals surface area (Å²) in [4.78, 5) is 16.9. The van der Waals surface area contributed by atoms with Gasteiger partial charge in [-0.3, -0.25) is 14.6 Å². The van der Waals surface area contributed by atoms with Crippen LogP contribution in [0, 0.1) is 5.92 Å². The molecule has 0 saturated carbocycles. The van der Waals surface area contributed by atoms with Gasteiger partial charge < -0.3 is 9.88 Å². The van der Waals surface area contributed by atoms with Gasteiger partial charge in [0.1, 0.15) is 23.5 Å². The summed E-state index contributed by atoms with van der Waals surface area (Å²) in [6.45, 7) is 4.22. The first-order valence-electron chi connectivity index (χ1n) is 8.27. The first-order valence-corrected chi connectivity index (χ1v) is 8.27. The molecule has 0 aliphatic rings. The fourth-order valence-electron chi connectivity index (χ4n) is 2.85. The number of nitrogens with zero attached hydrogens (tertiary/aromatic N) is 5. The monoisotopic (exact) mass is 341 g/mol. The number of aryl methyl sites for hydroxylation is 2. The molecule has 0 aromatic carbocycles. The van der Waals surface area contributed by atoms with Crippen molar-refractivity contribution in [3.8, 4) is 11.4 Å². The molecule has 3 aromatic rings. The number of H-pyrrole nitrogens is 1. The molecular formula is C17H23N7O. The van der Waals surface area contributed by atoms with Gasteiger partial charge in [0, 0.05) is 20.3 Å². The zero-order valence-corrected chi connectivity index (χ0v) is 14.9. The van der Waals surface area contributed by atoms with Crippen LogP contribution in [0.2, 0.25) is 0 Å². The van der Waals surface area contributed by atoms with Crippen molar-refractivity contribution in [3.63, 3.8) is 0 Å². The van der Waals surface area contributed by atoms with Crippen molar-refractivity contribution in [2.75, 3.05) is 0 Å². The Labute approximate surface area is 146 Å². The topological polar surface area (TPSA) is 93.4 Å². The second-order valence-corrected chi connectivity index (χ2v) is 6.57. The summed E-state index contributed by atoms with van der Waals surface area (Å²) in [6.07, 6.45) is 4.21. The molecule has 8 nitrogen and oxygen atoms in total. The molecule has 0 spiro atoms. The third-order valence-corrected chi connectivity index (χ3v) is 4.10. The predicted molar refractivity (Wildman–Crippen MR) is 93.7 cm³/mol. The fourth-order valence-corrected chi connectivity index (χ4v) is 2.85. The zero-order valence-electron chi connectivity index (χ0n) is 14.9. The summed E-state index contributed by atoms with van der Waals surface area (Å²) >= 11 is 0. The number of rotatable bonds is 6. The van der Waals surface area contributed by atoms with Gasteiger partial charge in [0.05, 0.1) is 11.7 Å². The average molecular weight is 341 g/mol. The van der Waals surface area contributed by atoms with Crippen LogP contribution >= 0.6 is 0 Å². The van der Waals surface area contributed by atoms with Crippen molar-refractivity contribution in [1.29, 1.82) is 0 Å². The van der Waals surface area contributed by atoms with Gasteiger partial charge in [-0.2, -0.15) is 10.2 Å². The number of amides is 1. The molecule has 25 heavy (non-hydrogen) atoms. The number of carbonyl (C=O) groups excluding carboxylic acids is 1. The van der Waals surface area contributed by atoms with E-state index in [-0.39, 0.29) is 11.9 Å². The van der Waals surface area contributed by atoms with E-state index in [0.717, 1.165) is 23.6 Å². The van der Waals surface area contributed by atoms with E-state index in [0.29, 0.717) is 11.6 Å². The second-order valence-electron chi connectivity index (χ2n) is 6.57. The summed E-state index contributed by atoms with van der Waals surface area (Å²) in [5.74, 6) is 0.938. The van der Waals surface area contributed by atoms with E-state index < -0.39 is 0 Å². The lowest BCUT2D eigenvalue weighted by Crippen LogP contribution is -2.31. The van der Waals surface area contributed by atoms with E-state index in [9.17, 15) is 4.79 Å². The fraction of sp³-hybridized carbons (Fsp3) is 0.412. The van der Waals surface area contributed by atoms with Gasteiger partial charge in [0.2, 0.25) is 0 Å². The van der Waals surface area contributed by atoms with Gasteiger partial charge in [-0.1, -0.05) is 13.8 Å². The largest absolute Gasteiger partial charge is 0.349 e. The number of hydrogen-bond donors (Lipinski definition) is 2. The third kappa shape index (κ3) is 3.62. The van der Waals surface area contributed by atoms with Gasteiger partial charge in [-0.05, 0) is 30.5 Å². The van der Waals surface area contributed by atoms with Crippen molar-refractivity contribution in [3.05, 3.63) is 42.2 Å². The molecule has 2 N–H and O–H groups in total. The van der Waals surface area contributed by atoms with Crippen LogP contribution in [0.4, 0.5) is 0 Å². The number of aromatic amines is 1. The molecule has 0 saturated heterocycles. The van der Waals surface area contributed by atoms with Gasteiger partial charge in [-0.25, -0.2) is 4.98 Å². The van der Waals surface area contributed by atoms with Gasteiger partial charge in [0.15, 0.2) is 0 Å². The molecule has 0 radical (unpaired) electrons. The van der Waals surface area contributed by atoms with Gasteiger partial charge >= 0.3 is 0 Å². The Morgan fingerprint density at radius 3 is 2.76 bits per heavy atom. The Bertz CT molecular complexity index is 858. The lowest BCUT2D eigenvalue weighted by Gasteiger charge is -2.19. The van der Waals surface area contributed by atoms with Crippen LogP contribution in [-0.2, 0) is 14.1 Å². The molecule has 1 atom stereocenters. The van der Waals surface area contributed by atoms with E-state index in [2.05, 4.69) is 39.4 Å². The molecule has 0 unspecified atom stereocenters. The Morgan fingerprint density at radius 2 is 2.16 bits per heavy atom. The molecule has 3 aromatic heterocycles. The van der Waals surface area contributed by atoms with Crippen LogP contribution < -0.4 is 5.32 Å². The SMILES string of the molecule is CC(C)C[C@H](NC(=O)c1cc(-c2cccn2C)n[nH]1)c1ncnn1C. The summed E-state index contributed by atoms with van der Waals surface area (Å²) in [5.41, 5.74) is 2.10. The second kappa shape index (κ2) is 6.92. The van der Waals surface area contributed by atoms with Crippen LogP contribution in [0.3, 0.4) is 0 Å². The predicted octanol–water partition coefficient (Wildman–Crippen LogP) is 2.06. The highest BCUT2D eigenvalue weighted by Crippen LogP contribution is 2.21. The molecular weight excluding hydrogens is 318 g/mol. The maximum atomic E-state index is 12.7. The number of hydrogen-bond acceptors (Lipinski definition) is 4. The minimum Gasteiger partial charge on any atom is -0.349 e. The maximum absolute atomic E-state index is 12.7. The van der Waals surface area contributed by atoms with Gasteiger partial charge in [-0.15, -0.1) is 0 Å². The van der Waals surface area contributed by atoms with Crippen molar-refractivity contribution in [2.24, 2.45) is 20.0 Å². The van der Waals surface area contributed by atoms with Crippen molar-refractivity contribution < 1.29 is 4.79 Å². The highest BCUT2D eigenvalue weighted by atomic mass is 16.2. The summed E-state index contributed by atoms with van der Waals surface area (Å²) in [6, 6.07) is 5.45. The summed E-state index contributed by atoms with van der Waals surface area (Å²) < 4.78 is 3.65. The number of carbonyl (C=O) groups is 1. The van der Waals surface area contributed by atoms with Crippen LogP contribution in [0.5, 0.6) is 0 Å². The normalized spacial score (nSPS) is 12.5. The smallest absolute Gasteiger partial charge is 0.269 e. The maximum Gasteiger partial charge on any atom is 0.269 e. The minimum absolute atomic E-state index is 0.207. The van der Waals surface area contributed by atoms with Crippen LogP contribution in [0.1, 0.15) is 42.6 Å². The third-order valence-electron chi connectivity index (χ3n) is 4.10. The minimum atomic E-state index is -0.207. The van der Waals surface area contributed by atoms with E-state index in [1.807, 2.05) is 37.0 Å². The van der Waals surface area contributed by atoms with Crippen LogP contribution in [0.25, 0.3) is 11.4 Å². The Balaban J connectivity index is 1.79. The lowest BCUT2D eigenvalue weighted by molar-refractivity contribution is 0.0924. The summed E-state index contributed by atoms with van der Waals surface area (Å²) in [7, 11) is 3.77. The molecule has 3 heterocycles. The Kier molecular flexibility index (Phi) is 4.69. The van der Waals surface area contributed by atoms with Crippen molar-refractivity contribution in [1.82, 2.24) is 34.8 Å². The van der Waals surface area contributed by atoms with Crippen molar-refractivity contribution in [2.45, 2.75) is 26.3 Å². The zero-order chi connectivity index (χ0) is 18.0. The van der Waals surface area contributed by atoms with Gasteiger partial charge in [0.25, 0.3) is 5.91 Å². The van der Waals surface area contributed by atoms with E-state index in [1.165, 1.54) is 6.33 Å². The standard InChI is InChI=1S/C17H23N7O/c1-11(2)8-13(16-18-10-19-24(16)4)20-17(25)14-9-12(21-22-14)15-6-5-7-23(15)3/h5-7,9-11,13H,8H2,1-4H3,(H,20,25)(H,21,22)/t13-/m0/s1. The molecule has 8 heteroatoms. The molecule has 132 valence electrons. The molecule has 3 rings (SSSR count). The molecule has 0 aliphatic heterocycles. The molecule has 1 amide bonds. The van der Waals surface area contributed by atoms with E-state index in [1.54, 1.807) is 10.7 Å². The average Bonchev–Trinajstić information content (AvgIpc) is 3.26. The van der Waals surface area contributed by atoms with E-state index >= 15 is 0 Å². The van der Waals surface area contributed by atoms with Crippen LogP contribution in [-0.4, -0.2) is 35.4 Å². The van der Waals surface area contributed by atoms with E-state index in [4.69, 9.17) is 0 Å². The quantitative estimate of drug-likeness (QED) is 0.718. The molecule has 0 bridgehead atoms. The molecule has 0 aliphatic carbocycles. The first kappa shape index (κ1) is 16.9. The Morgan fingerprint density at radius 1 is 1.36 bits per heavy atom. The molecule has 0 fully saturated rings. The number of nitrogens with one attached hydrogen (secondary N) is 2. The summed E-state index contributed by atoms with van der Waals surface area (Å²) in [5, 5.41) is 14.2. The lowest BCUT2D eigenvalue weighted by atomic mass is 10.0. The van der Waals surface area contributed by atoms with Crippen molar-refractivity contribution >= 4 is 5.91 Å². The highest BCUT2D eigenvalue weighted by molar-refractivity contribution is 5.93.